The fourth-order valence-corrected chi connectivity index (χ4v) is 5.69. The van der Waals surface area contributed by atoms with Crippen molar-refractivity contribution in [3.05, 3.63) is 121 Å². The normalized spacial score (nSPS) is 11.8. The van der Waals surface area contributed by atoms with E-state index in [0.29, 0.717) is 28.4 Å². The average Bonchev–Trinajstić information content (AvgIpc) is 3.54. The zero-order valence-electron chi connectivity index (χ0n) is 21.5. The first kappa shape index (κ1) is 22.5. The Labute approximate surface area is 227 Å². The summed E-state index contributed by atoms with van der Waals surface area (Å²) in [7, 11) is 1.59. The van der Waals surface area contributed by atoms with Gasteiger partial charge in [-0.2, -0.15) is 0 Å². The van der Waals surface area contributed by atoms with Gasteiger partial charge in [0, 0.05) is 11.1 Å². The molecule has 7 heteroatoms. The van der Waals surface area contributed by atoms with Crippen molar-refractivity contribution in [2.24, 2.45) is 0 Å². The molecule has 0 spiro atoms. The van der Waals surface area contributed by atoms with Gasteiger partial charge in [0.15, 0.2) is 0 Å². The largest absolute Gasteiger partial charge is 0.496 e. The van der Waals surface area contributed by atoms with Crippen LogP contribution < -0.4 is 4.74 Å². The number of para-hydroxylation sites is 7. The fourth-order valence-electron chi connectivity index (χ4n) is 5.69. The van der Waals surface area contributed by atoms with Gasteiger partial charge >= 0.3 is 0 Å². The molecular formula is C33H22FN5O. The van der Waals surface area contributed by atoms with E-state index in [4.69, 9.17) is 14.7 Å². The quantitative estimate of drug-likeness (QED) is 0.239. The molecule has 0 aliphatic rings. The maximum absolute atomic E-state index is 15.4. The fraction of sp³-hybridized carbons (Fsp3) is 0.0303. The molecule has 0 fully saturated rings. The number of nitrogens with zero attached hydrogens (tertiary/aromatic N) is 5. The number of benzene rings is 5. The molecule has 0 atom stereocenters. The Morgan fingerprint density at radius 2 is 1.10 bits per heavy atom. The Morgan fingerprint density at radius 3 is 1.70 bits per heavy atom. The van der Waals surface area contributed by atoms with Gasteiger partial charge in [0.25, 0.3) is 0 Å². The highest BCUT2D eigenvalue weighted by atomic mass is 19.1. The topological polar surface area (TPSA) is 48.8 Å². The van der Waals surface area contributed by atoms with Crippen LogP contribution in [0, 0.1) is 5.82 Å². The monoisotopic (exact) mass is 523 g/mol. The van der Waals surface area contributed by atoms with Gasteiger partial charge < -0.3 is 4.74 Å². The summed E-state index contributed by atoms with van der Waals surface area (Å²) in [6, 6.07) is 37.0. The summed E-state index contributed by atoms with van der Waals surface area (Å²) < 4.78 is 27.3. The number of ether oxygens (including phenoxy) is 1. The third kappa shape index (κ3) is 3.15. The summed E-state index contributed by atoms with van der Waals surface area (Å²) in [6.07, 6.45) is 0. The molecule has 0 amide bonds. The number of rotatable bonds is 3. The van der Waals surface area contributed by atoms with Gasteiger partial charge in [-0.25, -0.2) is 18.9 Å². The number of aromatic nitrogens is 5. The van der Waals surface area contributed by atoms with Crippen molar-refractivity contribution < 1.29 is 9.13 Å². The van der Waals surface area contributed by atoms with E-state index in [9.17, 15) is 0 Å². The van der Waals surface area contributed by atoms with Crippen LogP contribution in [0.1, 0.15) is 0 Å². The number of fused-ring (bicyclic) bond motifs is 9. The van der Waals surface area contributed by atoms with Crippen molar-refractivity contribution in [2.45, 2.75) is 0 Å². The zero-order chi connectivity index (χ0) is 26.8. The summed E-state index contributed by atoms with van der Waals surface area (Å²) in [5, 5.41) is 0. The lowest BCUT2D eigenvalue weighted by molar-refractivity contribution is 0.416. The number of halogens is 1. The first-order valence-corrected chi connectivity index (χ1v) is 13.0. The van der Waals surface area contributed by atoms with E-state index < -0.39 is 0 Å². The summed E-state index contributed by atoms with van der Waals surface area (Å²) >= 11 is 0. The highest BCUT2D eigenvalue weighted by molar-refractivity contribution is 5.93. The molecule has 0 aliphatic carbocycles. The van der Waals surface area contributed by atoms with Crippen LogP contribution in [0.25, 0.3) is 61.5 Å². The molecule has 5 aromatic carbocycles. The minimum absolute atomic E-state index is 0.339. The molecule has 6 nitrogen and oxygen atoms in total. The Balaban J connectivity index is 1.62. The molecule has 8 aromatic rings. The minimum Gasteiger partial charge on any atom is -0.496 e. The summed E-state index contributed by atoms with van der Waals surface area (Å²) in [5.74, 6) is 1.59. The second-order valence-corrected chi connectivity index (χ2v) is 9.66. The van der Waals surface area contributed by atoms with E-state index in [1.54, 1.807) is 13.2 Å². The predicted molar refractivity (Wildman–Crippen MR) is 157 cm³/mol. The Bertz CT molecular complexity index is 2180. The Hall–Kier alpha value is -5.43. The first-order chi connectivity index (χ1) is 19.7. The standard InChI is InChI=1S/C33H22FN5O/c1-40-31-17-9-2-10-22(31)23-20-21(18-19-24(23)34)37-32-35-25-11-3-5-13-27(25)38(32)29-15-7-8-16-30(29)39-28-14-6-4-12-26(28)36-33(37)39/h2-20H,1H3. The lowest BCUT2D eigenvalue weighted by Crippen LogP contribution is -2.03. The molecule has 0 saturated carbocycles. The smallest absolute Gasteiger partial charge is 0.223 e. The highest BCUT2D eigenvalue weighted by Gasteiger charge is 2.20. The van der Waals surface area contributed by atoms with Crippen molar-refractivity contribution in [3.63, 3.8) is 0 Å². The van der Waals surface area contributed by atoms with Gasteiger partial charge in [-0.3, -0.25) is 8.80 Å². The van der Waals surface area contributed by atoms with Crippen molar-refractivity contribution >= 4 is 44.7 Å². The molecule has 40 heavy (non-hydrogen) atoms. The number of methoxy groups -OCH3 is 1. The number of imidazole rings is 2. The van der Waals surface area contributed by atoms with Crippen LogP contribution in [0.15, 0.2) is 115 Å². The molecule has 3 aromatic heterocycles. The SMILES string of the molecule is COc1ccccc1-c1cc(-n2c3nc4ccccc4n3c3ccccc3n3c4ccccc4nc23)ccc1F. The van der Waals surface area contributed by atoms with E-state index in [-0.39, 0.29) is 5.82 Å². The Morgan fingerprint density at radius 1 is 0.575 bits per heavy atom. The molecule has 192 valence electrons. The minimum atomic E-state index is -0.339. The van der Waals surface area contributed by atoms with Crippen molar-refractivity contribution in [2.75, 3.05) is 7.11 Å². The van der Waals surface area contributed by atoms with Gasteiger partial charge in [0.1, 0.15) is 11.6 Å². The zero-order valence-corrected chi connectivity index (χ0v) is 21.5. The molecule has 0 saturated heterocycles. The predicted octanol–water partition coefficient (Wildman–Crippen LogP) is 7.61. The number of hydrogen-bond donors (Lipinski definition) is 0. The van der Waals surface area contributed by atoms with Crippen LogP contribution >= 0.6 is 0 Å². The van der Waals surface area contributed by atoms with E-state index in [0.717, 1.165) is 38.8 Å². The lowest BCUT2D eigenvalue weighted by atomic mass is 10.0. The second-order valence-electron chi connectivity index (χ2n) is 9.66. The van der Waals surface area contributed by atoms with Gasteiger partial charge in [-0.15, -0.1) is 0 Å². The van der Waals surface area contributed by atoms with Gasteiger partial charge in [-0.05, 0) is 60.7 Å². The summed E-state index contributed by atoms with van der Waals surface area (Å²) in [5.41, 5.74) is 7.43. The molecule has 0 aliphatic heterocycles. The second kappa shape index (κ2) is 8.54. The van der Waals surface area contributed by atoms with Crippen molar-refractivity contribution in [3.8, 4) is 22.6 Å². The van der Waals surface area contributed by atoms with E-state index >= 15 is 4.39 Å². The maximum atomic E-state index is 15.4. The van der Waals surface area contributed by atoms with Gasteiger partial charge in [-0.1, -0.05) is 54.6 Å². The summed E-state index contributed by atoms with van der Waals surface area (Å²) in [4.78, 5) is 10.2. The van der Waals surface area contributed by atoms with E-state index in [2.05, 4.69) is 33.1 Å². The lowest BCUT2D eigenvalue weighted by Gasteiger charge is -2.13. The van der Waals surface area contributed by atoms with Crippen LogP contribution in [-0.2, 0) is 0 Å². The third-order valence-corrected chi connectivity index (χ3v) is 7.45. The summed E-state index contributed by atoms with van der Waals surface area (Å²) in [6.45, 7) is 0. The Kier molecular flexibility index (Phi) is 4.81. The molecule has 0 N–H and O–H groups in total. The number of hydrogen-bond acceptors (Lipinski definition) is 3. The van der Waals surface area contributed by atoms with E-state index in [1.165, 1.54) is 6.07 Å². The molecule has 3 heterocycles. The van der Waals surface area contributed by atoms with Gasteiger partial charge in [0.05, 0.1) is 45.9 Å². The average molecular weight is 524 g/mol. The van der Waals surface area contributed by atoms with Crippen LogP contribution in [0.2, 0.25) is 0 Å². The maximum Gasteiger partial charge on any atom is 0.223 e. The van der Waals surface area contributed by atoms with Crippen molar-refractivity contribution in [1.29, 1.82) is 0 Å². The van der Waals surface area contributed by atoms with Crippen LogP contribution in [-0.4, -0.2) is 30.4 Å². The highest BCUT2D eigenvalue weighted by Crippen LogP contribution is 2.35. The van der Waals surface area contributed by atoms with Crippen molar-refractivity contribution in [1.82, 2.24) is 23.3 Å². The van der Waals surface area contributed by atoms with Gasteiger partial charge in [0.2, 0.25) is 11.6 Å². The third-order valence-electron chi connectivity index (χ3n) is 7.45. The molecular weight excluding hydrogens is 501 g/mol. The first-order valence-electron chi connectivity index (χ1n) is 13.0. The molecule has 0 bridgehead atoms. The molecule has 0 radical (unpaired) electrons. The molecule has 0 unspecified atom stereocenters. The van der Waals surface area contributed by atoms with E-state index in [1.807, 2.05) is 83.4 Å². The van der Waals surface area contributed by atoms with Crippen LogP contribution in [0.3, 0.4) is 0 Å². The van der Waals surface area contributed by atoms with Crippen LogP contribution in [0.5, 0.6) is 5.75 Å². The molecule has 8 rings (SSSR count). The van der Waals surface area contributed by atoms with Crippen LogP contribution in [0.4, 0.5) is 4.39 Å².